The molecule has 1 rings (SSSR count). The standard InChI is InChI=1S/C12H22N2O/c1-4-6-7-13-8-9-14(10-11(13)3)12(15)5-2/h5,11H,2,4,6-10H2,1,3H3. The molecule has 1 saturated heterocycles. The van der Waals surface area contributed by atoms with E-state index in [1.54, 1.807) is 0 Å². The molecule has 0 aromatic rings. The van der Waals surface area contributed by atoms with Gasteiger partial charge in [0.15, 0.2) is 0 Å². The van der Waals surface area contributed by atoms with Crippen LogP contribution < -0.4 is 0 Å². The van der Waals surface area contributed by atoms with Gasteiger partial charge in [-0.1, -0.05) is 19.9 Å². The van der Waals surface area contributed by atoms with Crippen LogP contribution in [-0.2, 0) is 4.79 Å². The number of carbonyl (C=O) groups is 1. The Kier molecular flexibility index (Phi) is 4.82. The number of hydrogen-bond acceptors (Lipinski definition) is 2. The second kappa shape index (κ2) is 5.91. The Labute approximate surface area is 92.7 Å². The summed E-state index contributed by atoms with van der Waals surface area (Å²) < 4.78 is 0. The van der Waals surface area contributed by atoms with Gasteiger partial charge in [0.25, 0.3) is 0 Å². The Hall–Kier alpha value is -0.830. The van der Waals surface area contributed by atoms with E-state index in [0.29, 0.717) is 6.04 Å². The molecule has 1 fully saturated rings. The molecule has 1 aliphatic rings. The molecule has 0 radical (unpaired) electrons. The summed E-state index contributed by atoms with van der Waals surface area (Å²) in [4.78, 5) is 15.8. The molecule has 1 amide bonds. The van der Waals surface area contributed by atoms with Gasteiger partial charge in [0, 0.05) is 25.7 Å². The molecule has 3 heteroatoms. The van der Waals surface area contributed by atoms with Gasteiger partial charge in [-0.25, -0.2) is 0 Å². The van der Waals surface area contributed by atoms with Crippen molar-refractivity contribution in [3.63, 3.8) is 0 Å². The van der Waals surface area contributed by atoms with Crippen LogP contribution in [0.3, 0.4) is 0 Å². The number of nitrogens with zero attached hydrogens (tertiary/aromatic N) is 2. The van der Waals surface area contributed by atoms with Gasteiger partial charge >= 0.3 is 0 Å². The van der Waals surface area contributed by atoms with Gasteiger partial charge in [-0.3, -0.25) is 9.69 Å². The van der Waals surface area contributed by atoms with Crippen LogP contribution in [-0.4, -0.2) is 47.9 Å². The van der Waals surface area contributed by atoms with Crippen molar-refractivity contribution in [2.45, 2.75) is 32.7 Å². The van der Waals surface area contributed by atoms with Crippen molar-refractivity contribution in [1.29, 1.82) is 0 Å². The molecule has 86 valence electrons. The van der Waals surface area contributed by atoms with Crippen LogP contribution in [0, 0.1) is 0 Å². The maximum Gasteiger partial charge on any atom is 0.246 e. The monoisotopic (exact) mass is 210 g/mol. The molecule has 3 nitrogen and oxygen atoms in total. The Morgan fingerprint density at radius 3 is 2.80 bits per heavy atom. The predicted octanol–water partition coefficient (Wildman–Crippen LogP) is 1.51. The summed E-state index contributed by atoms with van der Waals surface area (Å²) in [5.74, 6) is 0.0667. The van der Waals surface area contributed by atoms with E-state index in [1.165, 1.54) is 18.9 Å². The number of amides is 1. The van der Waals surface area contributed by atoms with Crippen LogP contribution in [0.2, 0.25) is 0 Å². The zero-order valence-electron chi connectivity index (χ0n) is 9.91. The van der Waals surface area contributed by atoms with Gasteiger partial charge in [-0.15, -0.1) is 0 Å². The minimum atomic E-state index is 0.0667. The van der Waals surface area contributed by atoms with Gasteiger partial charge in [0.2, 0.25) is 5.91 Å². The molecule has 0 bridgehead atoms. The van der Waals surface area contributed by atoms with E-state index >= 15 is 0 Å². The Morgan fingerprint density at radius 1 is 1.53 bits per heavy atom. The highest BCUT2D eigenvalue weighted by atomic mass is 16.2. The summed E-state index contributed by atoms with van der Waals surface area (Å²) in [6, 6.07) is 0.481. The summed E-state index contributed by atoms with van der Waals surface area (Å²) in [5.41, 5.74) is 0. The van der Waals surface area contributed by atoms with Gasteiger partial charge in [0.05, 0.1) is 0 Å². The first-order valence-corrected chi connectivity index (χ1v) is 5.84. The van der Waals surface area contributed by atoms with Crippen molar-refractivity contribution in [2.24, 2.45) is 0 Å². The Morgan fingerprint density at radius 2 is 2.27 bits per heavy atom. The van der Waals surface area contributed by atoms with Gasteiger partial charge in [-0.05, 0) is 26.0 Å². The van der Waals surface area contributed by atoms with E-state index < -0.39 is 0 Å². The smallest absolute Gasteiger partial charge is 0.246 e. The Bertz CT molecular complexity index is 228. The lowest BCUT2D eigenvalue weighted by Gasteiger charge is -2.39. The first-order valence-electron chi connectivity index (χ1n) is 5.84. The lowest BCUT2D eigenvalue weighted by molar-refractivity contribution is -0.128. The highest BCUT2D eigenvalue weighted by Gasteiger charge is 2.24. The van der Waals surface area contributed by atoms with Crippen molar-refractivity contribution >= 4 is 5.91 Å². The summed E-state index contributed by atoms with van der Waals surface area (Å²) in [7, 11) is 0. The molecule has 0 aliphatic carbocycles. The third kappa shape index (κ3) is 3.34. The topological polar surface area (TPSA) is 23.6 Å². The van der Waals surface area contributed by atoms with Crippen LogP contribution in [0.15, 0.2) is 12.7 Å². The van der Waals surface area contributed by atoms with E-state index in [2.05, 4.69) is 25.3 Å². The number of carbonyl (C=O) groups excluding carboxylic acids is 1. The molecule has 1 unspecified atom stereocenters. The number of unbranched alkanes of at least 4 members (excludes halogenated alkanes) is 1. The van der Waals surface area contributed by atoms with Crippen LogP contribution >= 0.6 is 0 Å². The molecule has 1 aliphatic heterocycles. The summed E-state index contributed by atoms with van der Waals surface area (Å²) in [5, 5.41) is 0. The van der Waals surface area contributed by atoms with Crippen molar-refractivity contribution in [3.8, 4) is 0 Å². The predicted molar refractivity (Wildman–Crippen MR) is 62.7 cm³/mol. The van der Waals surface area contributed by atoms with E-state index in [4.69, 9.17) is 0 Å². The molecule has 0 N–H and O–H groups in total. The third-order valence-electron chi connectivity index (χ3n) is 3.05. The van der Waals surface area contributed by atoms with E-state index in [-0.39, 0.29) is 5.91 Å². The van der Waals surface area contributed by atoms with Gasteiger partial charge in [-0.2, -0.15) is 0 Å². The molecule has 1 heterocycles. The highest BCUT2D eigenvalue weighted by molar-refractivity contribution is 5.87. The second-order valence-corrected chi connectivity index (χ2v) is 4.23. The molecule has 0 aromatic heterocycles. The summed E-state index contributed by atoms with van der Waals surface area (Å²) in [6.45, 7) is 11.8. The molecule has 0 saturated carbocycles. The summed E-state index contributed by atoms with van der Waals surface area (Å²) in [6.07, 6.45) is 3.90. The fourth-order valence-corrected chi connectivity index (χ4v) is 2.02. The normalized spacial score (nSPS) is 22.8. The zero-order valence-corrected chi connectivity index (χ0v) is 9.91. The molecule has 1 atom stereocenters. The maximum atomic E-state index is 11.4. The molecular formula is C12H22N2O. The lowest BCUT2D eigenvalue weighted by Crippen LogP contribution is -2.53. The first-order chi connectivity index (χ1) is 7.19. The van der Waals surface area contributed by atoms with Crippen LogP contribution in [0.4, 0.5) is 0 Å². The fourth-order valence-electron chi connectivity index (χ4n) is 2.02. The van der Waals surface area contributed by atoms with Crippen molar-refractivity contribution < 1.29 is 4.79 Å². The van der Waals surface area contributed by atoms with Crippen LogP contribution in [0.25, 0.3) is 0 Å². The van der Waals surface area contributed by atoms with Crippen molar-refractivity contribution in [1.82, 2.24) is 9.80 Å². The summed E-state index contributed by atoms with van der Waals surface area (Å²) >= 11 is 0. The maximum absolute atomic E-state index is 11.4. The van der Waals surface area contributed by atoms with E-state index in [0.717, 1.165) is 26.2 Å². The van der Waals surface area contributed by atoms with E-state index in [1.807, 2.05) is 4.90 Å². The minimum Gasteiger partial charge on any atom is -0.336 e. The minimum absolute atomic E-state index is 0.0667. The average molecular weight is 210 g/mol. The SMILES string of the molecule is C=CC(=O)N1CCN(CCCC)C(C)C1. The first kappa shape index (κ1) is 12.2. The van der Waals surface area contributed by atoms with E-state index in [9.17, 15) is 4.79 Å². The molecule has 15 heavy (non-hydrogen) atoms. The van der Waals surface area contributed by atoms with Crippen molar-refractivity contribution in [2.75, 3.05) is 26.2 Å². The Balaban J connectivity index is 2.40. The largest absolute Gasteiger partial charge is 0.336 e. The number of hydrogen-bond donors (Lipinski definition) is 0. The molecule has 0 aromatic carbocycles. The average Bonchev–Trinajstić information content (AvgIpc) is 2.26. The third-order valence-corrected chi connectivity index (χ3v) is 3.05. The van der Waals surface area contributed by atoms with Crippen LogP contribution in [0.5, 0.6) is 0 Å². The fraction of sp³-hybridized carbons (Fsp3) is 0.750. The van der Waals surface area contributed by atoms with Gasteiger partial charge in [0.1, 0.15) is 0 Å². The second-order valence-electron chi connectivity index (χ2n) is 4.23. The van der Waals surface area contributed by atoms with Crippen molar-refractivity contribution in [3.05, 3.63) is 12.7 Å². The quantitative estimate of drug-likeness (QED) is 0.657. The molecule has 0 spiro atoms. The highest BCUT2D eigenvalue weighted by Crippen LogP contribution is 2.10. The molecular weight excluding hydrogens is 188 g/mol. The zero-order chi connectivity index (χ0) is 11.3. The lowest BCUT2D eigenvalue weighted by atomic mass is 10.1. The van der Waals surface area contributed by atoms with Gasteiger partial charge < -0.3 is 4.90 Å². The van der Waals surface area contributed by atoms with Crippen LogP contribution in [0.1, 0.15) is 26.7 Å². The number of piperazine rings is 1. The number of rotatable bonds is 4.